The van der Waals surface area contributed by atoms with Gasteiger partial charge in [-0.15, -0.1) is 0 Å². The first-order chi connectivity index (χ1) is 9.88. The van der Waals surface area contributed by atoms with Crippen molar-refractivity contribution in [1.82, 2.24) is 0 Å². The Balaban J connectivity index is 2.07. The molecule has 2 nitrogen and oxygen atoms in total. The fraction of sp³-hybridized carbons (Fsp3) is 0.286. The first-order valence-corrected chi connectivity index (χ1v) is 7.84. The van der Waals surface area contributed by atoms with Crippen LogP contribution in [0, 0.1) is 0 Å². The molecule has 0 fully saturated rings. The van der Waals surface area contributed by atoms with Gasteiger partial charge in [0.1, 0.15) is 11.5 Å². The van der Waals surface area contributed by atoms with Crippen molar-refractivity contribution in [3.63, 3.8) is 0 Å². The van der Waals surface area contributed by atoms with Gasteiger partial charge in [0.15, 0.2) is 0 Å². The number of hydrogen-bond donors (Lipinski definition) is 1. The number of furan rings is 1. The summed E-state index contributed by atoms with van der Waals surface area (Å²) in [5.74, 6) is 2.25. The molecule has 0 aliphatic carbocycles. The van der Waals surface area contributed by atoms with Crippen molar-refractivity contribution in [2.24, 2.45) is 0 Å². The molecule has 1 aromatic carbocycles. The maximum absolute atomic E-state index is 12.7. The van der Waals surface area contributed by atoms with Crippen molar-refractivity contribution < 1.29 is 17.6 Å². The molecule has 0 unspecified atom stereocenters. The van der Waals surface area contributed by atoms with Crippen LogP contribution >= 0.6 is 23.4 Å². The molecule has 0 saturated heterocycles. The standard InChI is InChI=1S/C14H13ClF3NOS/c1-21-8-13-3-2-12(20-13)7-19-11-5-9(14(16,17)18)4-10(15)6-11/h2-6,19H,7-8H2,1H3. The quantitative estimate of drug-likeness (QED) is 0.789. The molecule has 0 amide bonds. The lowest BCUT2D eigenvalue weighted by atomic mass is 10.2. The normalized spacial score (nSPS) is 11.7. The van der Waals surface area contributed by atoms with E-state index in [9.17, 15) is 13.2 Å². The third kappa shape index (κ3) is 4.61. The van der Waals surface area contributed by atoms with Gasteiger partial charge in [0.25, 0.3) is 0 Å². The molecule has 7 heteroatoms. The number of halogens is 4. The second-order valence-electron chi connectivity index (χ2n) is 4.38. The number of anilines is 1. The van der Waals surface area contributed by atoms with Crippen molar-refractivity contribution in [2.45, 2.75) is 18.5 Å². The summed E-state index contributed by atoms with van der Waals surface area (Å²) >= 11 is 7.35. The van der Waals surface area contributed by atoms with Crippen molar-refractivity contribution in [3.8, 4) is 0 Å². The highest BCUT2D eigenvalue weighted by Gasteiger charge is 2.31. The number of alkyl halides is 3. The van der Waals surface area contributed by atoms with Crippen LogP contribution in [0.2, 0.25) is 5.02 Å². The van der Waals surface area contributed by atoms with E-state index in [0.717, 1.165) is 23.6 Å². The summed E-state index contributed by atoms with van der Waals surface area (Å²) in [7, 11) is 0. The monoisotopic (exact) mass is 335 g/mol. The maximum Gasteiger partial charge on any atom is 0.416 e. The molecule has 0 atom stereocenters. The summed E-state index contributed by atoms with van der Waals surface area (Å²) in [4.78, 5) is 0. The minimum absolute atomic E-state index is 0.0369. The van der Waals surface area contributed by atoms with E-state index in [-0.39, 0.29) is 5.02 Å². The highest BCUT2D eigenvalue weighted by atomic mass is 35.5. The Kier molecular flexibility index (Phi) is 5.11. The molecule has 0 bridgehead atoms. The topological polar surface area (TPSA) is 25.2 Å². The van der Waals surface area contributed by atoms with Gasteiger partial charge in [-0.1, -0.05) is 11.6 Å². The Morgan fingerprint density at radius 2 is 1.90 bits per heavy atom. The van der Waals surface area contributed by atoms with Crippen molar-refractivity contribution in [2.75, 3.05) is 11.6 Å². The number of nitrogens with one attached hydrogen (secondary N) is 1. The molecule has 0 saturated carbocycles. The van der Waals surface area contributed by atoms with Crippen LogP contribution in [0.25, 0.3) is 0 Å². The molecule has 0 aliphatic heterocycles. The summed E-state index contributed by atoms with van der Waals surface area (Å²) in [5.41, 5.74) is -0.474. The SMILES string of the molecule is CSCc1ccc(CNc2cc(Cl)cc(C(F)(F)F)c2)o1. The molecule has 1 heterocycles. The van der Waals surface area contributed by atoms with E-state index in [2.05, 4.69) is 5.32 Å². The molecule has 21 heavy (non-hydrogen) atoms. The summed E-state index contributed by atoms with van der Waals surface area (Å²) in [6.45, 7) is 0.298. The lowest BCUT2D eigenvalue weighted by Crippen LogP contribution is -2.06. The lowest BCUT2D eigenvalue weighted by Gasteiger charge is -2.11. The molecule has 0 radical (unpaired) electrons. The first kappa shape index (κ1) is 16.1. The van der Waals surface area contributed by atoms with Gasteiger partial charge in [-0.2, -0.15) is 24.9 Å². The van der Waals surface area contributed by atoms with E-state index >= 15 is 0 Å². The summed E-state index contributed by atoms with van der Waals surface area (Å²) in [6.07, 6.45) is -2.46. The van der Waals surface area contributed by atoms with E-state index in [1.165, 1.54) is 6.07 Å². The fourth-order valence-corrected chi connectivity index (χ4v) is 2.46. The molecule has 1 N–H and O–H groups in total. The van der Waals surface area contributed by atoms with E-state index < -0.39 is 11.7 Å². The van der Waals surface area contributed by atoms with Crippen molar-refractivity contribution in [3.05, 3.63) is 52.4 Å². The number of rotatable bonds is 5. The van der Waals surface area contributed by atoms with Gasteiger partial charge < -0.3 is 9.73 Å². The third-order valence-electron chi connectivity index (χ3n) is 2.70. The van der Waals surface area contributed by atoms with Gasteiger partial charge in [0.2, 0.25) is 0 Å². The van der Waals surface area contributed by atoms with E-state index in [1.807, 2.05) is 12.3 Å². The minimum atomic E-state index is -4.42. The van der Waals surface area contributed by atoms with Crippen LogP contribution in [0.4, 0.5) is 18.9 Å². The van der Waals surface area contributed by atoms with Crippen LogP contribution in [0.3, 0.4) is 0 Å². The Hall–Kier alpha value is -1.27. The largest absolute Gasteiger partial charge is 0.463 e. The number of benzene rings is 1. The molecule has 1 aromatic heterocycles. The van der Waals surface area contributed by atoms with Crippen LogP contribution in [0.1, 0.15) is 17.1 Å². The van der Waals surface area contributed by atoms with Crippen LogP contribution in [-0.4, -0.2) is 6.26 Å². The van der Waals surface area contributed by atoms with Gasteiger partial charge in [0.05, 0.1) is 17.9 Å². The number of hydrogen-bond acceptors (Lipinski definition) is 3. The van der Waals surface area contributed by atoms with Crippen LogP contribution in [-0.2, 0) is 18.5 Å². The van der Waals surface area contributed by atoms with Gasteiger partial charge >= 0.3 is 6.18 Å². The zero-order valence-electron chi connectivity index (χ0n) is 11.1. The van der Waals surface area contributed by atoms with E-state index in [4.69, 9.17) is 16.0 Å². The smallest absolute Gasteiger partial charge is 0.416 e. The van der Waals surface area contributed by atoms with Crippen LogP contribution in [0.5, 0.6) is 0 Å². The van der Waals surface area contributed by atoms with Gasteiger partial charge in [-0.25, -0.2) is 0 Å². The molecule has 114 valence electrons. The predicted octanol–water partition coefficient (Wildman–Crippen LogP) is 5.43. The average Bonchev–Trinajstić information content (AvgIpc) is 2.83. The summed E-state index contributed by atoms with van der Waals surface area (Å²) in [5, 5.41) is 2.92. The van der Waals surface area contributed by atoms with E-state index in [1.54, 1.807) is 17.8 Å². The second-order valence-corrected chi connectivity index (χ2v) is 5.68. The third-order valence-corrected chi connectivity index (χ3v) is 3.49. The van der Waals surface area contributed by atoms with Gasteiger partial charge in [0, 0.05) is 10.7 Å². The Morgan fingerprint density at radius 1 is 1.19 bits per heavy atom. The first-order valence-electron chi connectivity index (χ1n) is 6.06. The Labute approximate surface area is 129 Å². The predicted molar refractivity (Wildman–Crippen MR) is 79.7 cm³/mol. The average molecular weight is 336 g/mol. The second kappa shape index (κ2) is 6.66. The molecule has 2 rings (SSSR count). The van der Waals surface area contributed by atoms with Crippen LogP contribution in [0.15, 0.2) is 34.7 Å². The molecule has 0 spiro atoms. The fourth-order valence-electron chi connectivity index (χ4n) is 1.78. The Morgan fingerprint density at radius 3 is 2.57 bits per heavy atom. The maximum atomic E-state index is 12.7. The molecular formula is C14H13ClF3NOS. The zero-order chi connectivity index (χ0) is 15.5. The lowest BCUT2D eigenvalue weighted by molar-refractivity contribution is -0.137. The van der Waals surface area contributed by atoms with Crippen molar-refractivity contribution >= 4 is 29.1 Å². The molecule has 2 aromatic rings. The van der Waals surface area contributed by atoms with Gasteiger partial charge in [-0.05, 0) is 36.6 Å². The highest BCUT2D eigenvalue weighted by Crippen LogP contribution is 2.33. The number of thioether (sulfide) groups is 1. The highest BCUT2D eigenvalue weighted by molar-refractivity contribution is 7.97. The zero-order valence-corrected chi connectivity index (χ0v) is 12.7. The Bertz CT molecular complexity index is 613. The van der Waals surface area contributed by atoms with E-state index in [0.29, 0.717) is 18.0 Å². The van der Waals surface area contributed by atoms with Crippen LogP contribution < -0.4 is 5.32 Å². The van der Waals surface area contributed by atoms with Gasteiger partial charge in [-0.3, -0.25) is 0 Å². The molecular weight excluding hydrogens is 323 g/mol. The minimum Gasteiger partial charge on any atom is -0.463 e. The molecule has 0 aliphatic rings. The van der Waals surface area contributed by atoms with Crippen molar-refractivity contribution in [1.29, 1.82) is 0 Å². The summed E-state index contributed by atoms with van der Waals surface area (Å²) in [6, 6.07) is 7.02. The summed E-state index contributed by atoms with van der Waals surface area (Å²) < 4.78 is 43.6.